The Morgan fingerprint density at radius 2 is 1.82 bits per heavy atom. The van der Waals surface area contributed by atoms with Crippen LogP contribution in [0.15, 0.2) is 46.4 Å². The van der Waals surface area contributed by atoms with Gasteiger partial charge in [0.25, 0.3) is 11.8 Å². The number of hydrogen-bond donors (Lipinski definition) is 1. The number of nitrogens with one attached hydrogen (secondary N) is 1. The van der Waals surface area contributed by atoms with Gasteiger partial charge in [0.05, 0.1) is 36.0 Å². The fraction of sp³-hybridized carbons (Fsp3) is 0.250. The van der Waals surface area contributed by atoms with Crippen LogP contribution in [0.3, 0.4) is 0 Å². The number of urea groups is 1. The Bertz CT molecular complexity index is 1160. The summed E-state index contributed by atoms with van der Waals surface area (Å²) in [5, 5.41) is 2.17. The van der Waals surface area contributed by atoms with Gasteiger partial charge in [-0.15, -0.1) is 0 Å². The van der Waals surface area contributed by atoms with Crippen LogP contribution >= 0.6 is 15.9 Å². The van der Waals surface area contributed by atoms with E-state index in [1.165, 1.54) is 37.5 Å². The van der Waals surface area contributed by atoms with Gasteiger partial charge >= 0.3 is 12.0 Å². The minimum absolute atomic E-state index is 0.191. The minimum Gasteiger partial charge on any atom is -0.493 e. The summed E-state index contributed by atoms with van der Waals surface area (Å²) in [6.45, 7) is 4.37. The highest BCUT2D eigenvalue weighted by atomic mass is 79.9. The molecule has 1 saturated heterocycles. The summed E-state index contributed by atoms with van der Waals surface area (Å²) >= 11 is 3.43. The molecule has 2 aromatic carbocycles. The van der Waals surface area contributed by atoms with Gasteiger partial charge in [0, 0.05) is 0 Å². The van der Waals surface area contributed by atoms with Crippen LogP contribution in [0.5, 0.6) is 11.5 Å². The number of nitrogens with zero attached hydrogens (tertiary/aromatic N) is 1. The van der Waals surface area contributed by atoms with Crippen molar-refractivity contribution in [2.24, 2.45) is 0 Å². The topological polar surface area (TPSA) is 111 Å². The molecule has 0 bridgehead atoms. The van der Waals surface area contributed by atoms with Crippen molar-refractivity contribution in [3.63, 3.8) is 0 Å². The number of esters is 1. The largest absolute Gasteiger partial charge is 0.493 e. The number of methoxy groups -OCH3 is 1. The maximum absolute atomic E-state index is 13.1. The van der Waals surface area contributed by atoms with E-state index in [0.29, 0.717) is 28.1 Å². The Kier molecular flexibility index (Phi) is 8.06. The van der Waals surface area contributed by atoms with E-state index in [1.54, 1.807) is 19.1 Å². The normalized spacial score (nSPS) is 14.8. The fourth-order valence-electron chi connectivity index (χ4n) is 3.19. The molecule has 1 heterocycles. The predicted octanol–water partition coefficient (Wildman–Crippen LogP) is 4.09. The highest BCUT2D eigenvalue weighted by Gasteiger charge is 2.37. The van der Waals surface area contributed by atoms with Gasteiger partial charge in [0.15, 0.2) is 11.5 Å². The van der Waals surface area contributed by atoms with Gasteiger partial charge in [-0.3, -0.25) is 14.9 Å². The number of imide groups is 2. The van der Waals surface area contributed by atoms with Crippen molar-refractivity contribution in [3.8, 4) is 11.5 Å². The van der Waals surface area contributed by atoms with Gasteiger partial charge in [0.2, 0.25) is 0 Å². The van der Waals surface area contributed by atoms with E-state index in [0.717, 1.165) is 11.3 Å². The SMILES string of the molecule is CCCOc1c(Br)cc(/C=C2\C(=O)NC(=O)N(c3ccc(C(=O)OCC)cc3)C2=O)cc1OC. The highest BCUT2D eigenvalue weighted by molar-refractivity contribution is 9.10. The summed E-state index contributed by atoms with van der Waals surface area (Å²) in [5.74, 6) is -1.23. The third kappa shape index (κ3) is 5.28. The molecule has 1 aliphatic rings. The van der Waals surface area contributed by atoms with Crippen LogP contribution in [0, 0.1) is 0 Å². The smallest absolute Gasteiger partial charge is 0.338 e. The molecule has 1 aliphatic heterocycles. The molecule has 9 nitrogen and oxygen atoms in total. The number of halogens is 1. The highest BCUT2D eigenvalue weighted by Crippen LogP contribution is 2.37. The average molecular weight is 531 g/mol. The van der Waals surface area contributed by atoms with Crippen molar-refractivity contribution >= 4 is 51.5 Å². The second kappa shape index (κ2) is 11.0. The zero-order valence-electron chi connectivity index (χ0n) is 18.8. The number of amides is 4. The van der Waals surface area contributed by atoms with Crippen molar-refractivity contribution in [1.82, 2.24) is 5.32 Å². The molecule has 3 rings (SSSR count). The van der Waals surface area contributed by atoms with Crippen LogP contribution in [0.4, 0.5) is 10.5 Å². The van der Waals surface area contributed by atoms with Gasteiger partial charge in [0.1, 0.15) is 5.57 Å². The first-order valence-electron chi connectivity index (χ1n) is 10.5. The standard InChI is InChI=1S/C24H23BrN2O7/c1-4-10-34-20-18(25)12-14(13-19(20)32-3)11-17-21(28)26-24(31)27(22(17)29)16-8-6-15(7-9-16)23(30)33-5-2/h6-9,11-13H,4-5,10H2,1-3H3,(H,26,28,31)/b17-11+. The number of anilines is 1. The van der Waals surface area contributed by atoms with Crippen molar-refractivity contribution in [1.29, 1.82) is 0 Å². The maximum atomic E-state index is 13.1. The molecule has 10 heteroatoms. The summed E-state index contributed by atoms with van der Waals surface area (Å²) in [5.41, 5.74) is 0.698. The first kappa shape index (κ1) is 25.0. The van der Waals surface area contributed by atoms with Crippen LogP contribution in [-0.4, -0.2) is 44.1 Å². The third-order valence-corrected chi connectivity index (χ3v) is 5.34. The van der Waals surface area contributed by atoms with Crippen molar-refractivity contribution in [3.05, 3.63) is 57.6 Å². The summed E-state index contributed by atoms with van der Waals surface area (Å²) in [6, 6.07) is 8.13. The Hall–Kier alpha value is -3.66. The molecule has 0 atom stereocenters. The van der Waals surface area contributed by atoms with E-state index in [2.05, 4.69) is 21.2 Å². The summed E-state index contributed by atoms with van der Waals surface area (Å²) in [7, 11) is 1.48. The van der Waals surface area contributed by atoms with Gasteiger partial charge < -0.3 is 14.2 Å². The van der Waals surface area contributed by atoms with Crippen molar-refractivity contribution < 1.29 is 33.4 Å². The molecule has 1 N–H and O–H groups in total. The van der Waals surface area contributed by atoms with Crippen LogP contribution in [-0.2, 0) is 14.3 Å². The quantitative estimate of drug-likeness (QED) is 0.310. The molecule has 0 unspecified atom stereocenters. The summed E-state index contributed by atoms with van der Waals surface area (Å²) < 4.78 is 16.6. The number of ether oxygens (including phenoxy) is 3. The van der Waals surface area contributed by atoms with Crippen LogP contribution < -0.4 is 19.7 Å². The second-order valence-corrected chi connectivity index (χ2v) is 7.96. The molecule has 0 aliphatic carbocycles. The Morgan fingerprint density at radius 1 is 1.12 bits per heavy atom. The average Bonchev–Trinajstić information content (AvgIpc) is 2.81. The number of carbonyl (C=O) groups is 4. The number of barbiturate groups is 1. The lowest BCUT2D eigenvalue weighted by Gasteiger charge is -2.26. The van der Waals surface area contributed by atoms with Crippen molar-refractivity contribution in [2.45, 2.75) is 20.3 Å². The van der Waals surface area contributed by atoms with Crippen molar-refractivity contribution in [2.75, 3.05) is 25.2 Å². The summed E-state index contributed by atoms with van der Waals surface area (Å²) in [6.07, 6.45) is 2.17. The number of benzene rings is 2. The molecule has 34 heavy (non-hydrogen) atoms. The maximum Gasteiger partial charge on any atom is 0.338 e. The van der Waals surface area contributed by atoms with Gasteiger partial charge in [-0.25, -0.2) is 14.5 Å². The minimum atomic E-state index is -0.891. The van der Waals surface area contributed by atoms with E-state index in [-0.39, 0.29) is 23.4 Å². The van der Waals surface area contributed by atoms with E-state index >= 15 is 0 Å². The molecule has 0 spiro atoms. The van der Waals surface area contributed by atoms with E-state index in [1.807, 2.05) is 6.92 Å². The lowest BCUT2D eigenvalue weighted by Crippen LogP contribution is -2.54. The van der Waals surface area contributed by atoms with Crippen LogP contribution in [0.25, 0.3) is 6.08 Å². The Balaban J connectivity index is 1.94. The number of rotatable bonds is 8. The predicted molar refractivity (Wildman–Crippen MR) is 128 cm³/mol. The van der Waals surface area contributed by atoms with Gasteiger partial charge in [-0.1, -0.05) is 6.92 Å². The molecule has 1 fully saturated rings. The fourth-order valence-corrected chi connectivity index (χ4v) is 3.76. The second-order valence-electron chi connectivity index (χ2n) is 7.11. The molecule has 0 radical (unpaired) electrons. The lowest BCUT2D eigenvalue weighted by molar-refractivity contribution is -0.122. The van der Waals surface area contributed by atoms with E-state index in [9.17, 15) is 19.2 Å². The zero-order valence-corrected chi connectivity index (χ0v) is 20.4. The summed E-state index contributed by atoms with van der Waals surface area (Å²) in [4.78, 5) is 50.8. The molecule has 0 aromatic heterocycles. The zero-order chi connectivity index (χ0) is 24.8. The van der Waals surface area contributed by atoms with E-state index < -0.39 is 23.8 Å². The first-order valence-corrected chi connectivity index (χ1v) is 11.3. The molecule has 4 amide bonds. The Labute approximate surface area is 204 Å². The van der Waals surface area contributed by atoms with Crippen LogP contribution in [0.2, 0.25) is 0 Å². The van der Waals surface area contributed by atoms with Gasteiger partial charge in [-0.05, 0) is 77.3 Å². The molecular formula is C24H23BrN2O7. The van der Waals surface area contributed by atoms with E-state index in [4.69, 9.17) is 14.2 Å². The van der Waals surface area contributed by atoms with Crippen LogP contribution in [0.1, 0.15) is 36.2 Å². The molecular weight excluding hydrogens is 508 g/mol. The molecule has 178 valence electrons. The van der Waals surface area contributed by atoms with Gasteiger partial charge in [-0.2, -0.15) is 0 Å². The first-order chi connectivity index (χ1) is 16.3. The lowest BCUT2D eigenvalue weighted by atomic mass is 10.1. The number of hydrogen-bond acceptors (Lipinski definition) is 7. The monoisotopic (exact) mass is 530 g/mol. The Morgan fingerprint density at radius 3 is 2.44 bits per heavy atom. The molecule has 2 aromatic rings. The third-order valence-electron chi connectivity index (χ3n) is 4.75. The molecule has 0 saturated carbocycles. The number of carbonyl (C=O) groups excluding carboxylic acids is 4.